The molecule has 1 atom stereocenters. The first kappa shape index (κ1) is 17.3. The molecule has 1 amide bonds. The summed E-state index contributed by atoms with van der Waals surface area (Å²) in [6, 6.07) is 4.13. The fourth-order valence-corrected chi connectivity index (χ4v) is 3.93. The van der Waals surface area contributed by atoms with Crippen LogP contribution in [0.25, 0.3) is 0 Å². The molecule has 1 spiro atoms. The lowest BCUT2D eigenvalue weighted by Crippen LogP contribution is -2.49. The Morgan fingerprint density at radius 2 is 2.08 bits per heavy atom. The zero-order valence-electron chi connectivity index (χ0n) is 14.1. The minimum absolute atomic E-state index is 0.0809. The molecule has 1 aromatic carbocycles. The molecular weight excluding hydrogens is 314 g/mol. The summed E-state index contributed by atoms with van der Waals surface area (Å²) in [5, 5.41) is 0. The van der Waals surface area contributed by atoms with E-state index < -0.39 is 11.6 Å². The molecule has 3 rings (SSSR count). The number of carbonyl (C=O) groups excluding carboxylic acids is 1. The Labute approximate surface area is 141 Å². The molecule has 0 saturated carbocycles. The zero-order chi connectivity index (χ0) is 17.2. The van der Waals surface area contributed by atoms with Crippen LogP contribution < -0.4 is 0 Å². The second kappa shape index (κ2) is 7.15. The maximum absolute atomic E-state index is 13.9. The zero-order valence-corrected chi connectivity index (χ0v) is 14.1. The van der Waals surface area contributed by atoms with Crippen molar-refractivity contribution in [2.45, 2.75) is 25.8 Å². The van der Waals surface area contributed by atoms with Gasteiger partial charge in [-0.15, -0.1) is 0 Å². The number of methoxy groups -OCH3 is 1. The number of carbonyl (C=O) groups is 1. The second-order valence-corrected chi connectivity index (χ2v) is 6.84. The number of rotatable bonds is 5. The van der Waals surface area contributed by atoms with Crippen LogP contribution >= 0.6 is 0 Å². The van der Waals surface area contributed by atoms with Gasteiger partial charge in [-0.25, -0.2) is 8.78 Å². The number of ether oxygens (including phenoxy) is 1. The summed E-state index contributed by atoms with van der Waals surface area (Å²) in [6.45, 7) is 3.85. The van der Waals surface area contributed by atoms with Gasteiger partial charge >= 0.3 is 0 Å². The molecule has 2 saturated heterocycles. The van der Waals surface area contributed by atoms with Crippen LogP contribution in [0.3, 0.4) is 0 Å². The lowest BCUT2D eigenvalue weighted by atomic mass is 9.78. The fraction of sp³-hybridized carbons (Fsp3) is 0.611. The van der Waals surface area contributed by atoms with E-state index in [1.54, 1.807) is 18.1 Å². The van der Waals surface area contributed by atoms with Gasteiger partial charge < -0.3 is 9.64 Å². The van der Waals surface area contributed by atoms with E-state index in [1.165, 1.54) is 6.07 Å². The first-order valence-electron chi connectivity index (χ1n) is 8.49. The van der Waals surface area contributed by atoms with Gasteiger partial charge in [-0.1, -0.05) is 12.1 Å². The van der Waals surface area contributed by atoms with Crippen LogP contribution in [0.5, 0.6) is 0 Å². The van der Waals surface area contributed by atoms with Crippen LogP contribution in [0, 0.1) is 17.0 Å². The topological polar surface area (TPSA) is 32.8 Å². The number of halogens is 2. The van der Waals surface area contributed by atoms with E-state index in [0.29, 0.717) is 13.2 Å². The Balaban J connectivity index is 1.70. The van der Waals surface area contributed by atoms with Crippen LogP contribution in [0.2, 0.25) is 0 Å². The van der Waals surface area contributed by atoms with Crippen molar-refractivity contribution >= 4 is 5.91 Å². The summed E-state index contributed by atoms with van der Waals surface area (Å²) in [5.74, 6) is -1.63. The summed E-state index contributed by atoms with van der Waals surface area (Å²) in [4.78, 5) is 17.0. The molecule has 0 aromatic heterocycles. The average molecular weight is 338 g/mol. The SMILES string of the molecule is COCCN1CCC2(CCCN(Cc3cccc(F)c3F)C2=O)C1. The highest BCUT2D eigenvalue weighted by Gasteiger charge is 2.48. The fourth-order valence-electron chi connectivity index (χ4n) is 3.93. The summed E-state index contributed by atoms with van der Waals surface area (Å²) >= 11 is 0. The third-order valence-electron chi connectivity index (χ3n) is 5.26. The van der Waals surface area contributed by atoms with Crippen LogP contribution in [-0.4, -0.2) is 55.6 Å². The Hall–Kier alpha value is -1.53. The van der Waals surface area contributed by atoms with Gasteiger partial charge in [-0.2, -0.15) is 0 Å². The number of benzene rings is 1. The molecule has 0 radical (unpaired) electrons. The first-order valence-corrected chi connectivity index (χ1v) is 8.49. The maximum Gasteiger partial charge on any atom is 0.230 e. The molecule has 6 heteroatoms. The van der Waals surface area contributed by atoms with Gasteiger partial charge in [-0.05, 0) is 31.9 Å². The van der Waals surface area contributed by atoms with Crippen LogP contribution in [0.1, 0.15) is 24.8 Å². The van der Waals surface area contributed by atoms with E-state index in [4.69, 9.17) is 4.74 Å². The molecule has 2 heterocycles. The molecule has 1 unspecified atom stereocenters. The highest BCUT2D eigenvalue weighted by molar-refractivity contribution is 5.84. The van der Waals surface area contributed by atoms with E-state index in [0.717, 1.165) is 45.0 Å². The second-order valence-electron chi connectivity index (χ2n) is 6.84. The number of hydrogen-bond donors (Lipinski definition) is 0. The van der Waals surface area contributed by atoms with E-state index in [2.05, 4.69) is 4.90 Å². The van der Waals surface area contributed by atoms with Crippen molar-refractivity contribution in [3.8, 4) is 0 Å². The minimum atomic E-state index is -0.863. The van der Waals surface area contributed by atoms with Crippen molar-refractivity contribution in [3.63, 3.8) is 0 Å². The molecule has 132 valence electrons. The Morgan fingerprint density at radius 3 is 2.88 bits per heavy atom. The molecule has 2 aliphatic heterocycles. The Bertz CT molecular complexity index is 611. The van der Waals surface area contributed by atoms with Gasteiger partial charge in [0.15, 0.2) is 11.6 Å². The number of likely N-dealkylation sites (tertiary alicyclic amines) is 2. The van der Waals surface area contributed by atoms with Crippen LogP contribution in [-0.2, 0) is 16.1 Å². The van der Waals surface area contributed by atoms with E-state index in [9.17, 15) is 13.6 Å². The number of nitrogens with zero attached hydrogens (tertiary/aromatic N) is 2. The van der Waals surface area contributed by atoms with Crippen molar-refractivity contribution in [2.75, 3.05) is 39.9 Å². The number of piperidine rings is 1. The van der Waals surface area contributed by atoms with Crippen molar-refractivity contribution in [1.82, 2.24) is 9.80 Å². The quantitative estimate of drug-likeness (QED) is 0.827. The molecular formula is C18H24F2N2O2. The Kier molecular flexibility index (Phi) is 5.15. The predicted octanol–water partition coefficient (Wildman–Crippen LogP) is 2.43. The number of hydrogen-bond acceptors (Lipinski definition) is 3. The summed E-state index contributed by atoms with van der Waals surface area (Å²) < 4.78 is 32.4. The highest BCUT2D eigenvalue weighted by Crippen LogP contribution is 2.40. The van der Waals surface area contributed by atoms with Gasteiger partial charge in [0.25, 0.3) is 0 Å². The molecule has 0 N–H and O–H groups in total. The largest absolute Gasteiger partial charge is 0.383 e. The molecule has 1 aromatic rings. The van der Waals surface area contributed by atoms with Gasteiger partial charge in [-0.3, -0.25) is 9.69 Å². The highest BCUT2D eigenvalue weighted by atomic mass is 19.2. The van der Waals surface area contributed by atoms with Crippen LogP contribution in [0.4, 0.5) is 8.78 Å². The average Bonchev–Trinajstić information content (AvgIpc) is 2.98. The van der Waals surface area contributed by atoms with E-state index in [-0.39, 0.29) is 23.4 Å². The monoisotopic (exact) mass is 338 g/mol. The Morgan fingerprint density at radius 1 is 1.25 bits per heavy atom. The molecule has 2 aliphatic rings. The number of amides is 1. The third kappa shape index (κ3) is 3.30. The smallest absolute Gasteiger partial charge is 0.230 e. The standard InChI is InChI=1S/C18H24F2N2O2/c1-24-11-10-21-9-7-18(13-21)6-3-8-22(17(18)23)12-14-4-2-5-15(19)16(14)20/h2,4-5H,3,6-13H2,1H3. The first-order chi connectivity index (χ1) is 11.6. The van der Waals surface area contributed by atoms with Gasteiger partial charge in [0, 0.05) is 38.9 Å². The lowest BCUT2D eigenvalue weighted by molar-refractivity contribution is -0.146. The van der Waals surface area contributed by atoms with E-state index in [1.807, 2.05) is 0 Å². The van der Waals surface area contributed by atoms with Crippen molar-refractivity contribution in [2.24, 2.45) is 5.41 Å². The van der Waals surface area contributed by atoms with Crippen molar-refractivity contribution < 1.29 is 18.3 Å². The maximum atomic E-state index is 13.9. The lowest BCUT2D eigenvalue weighted by Gasteiger charge is -2.39. The predicted molar refractivity (Wildman–Crippen MR) is 86.4 cm³/mol. The van der Waals surface area contributed by atoms with Crippen molar-refractivity contribution in [1.29, 1.82) is 0 Å². The summed E-state index contributed by atoms with van der Waals surface area (Å²) in [7, 11) is 1.67. The molecule has 2 fully saturated rings. The molecule has 24 heavy (non-hydrogen) atoms. The molecule has 0 bridgehead atoms. The van der Waals surface area contributed by atoms with Gasteiger partial charge in [0.2, 0.25) is 5.91 Å². The van der Waals surface area contributed by atoms with E-state index >= 15 is 0 Å². The summed E-state index contributed by atoms with van der Waals surface area (Å²) in [5.41, 5.74) is -0.120. The normalized spacial score (nSPS) is 25.0. The minimum Gasteiger partial charge on any atom is -0.383 e. The van der Waals surface area contributed by atoms with Crippen LogP contribution in [0.15, 0.2) is 18.2 Å². The van der Waals surface area contributed by atoms with Gasteiger partial charge in [0.05, 0.1) is 12.0 Å². The van der Waals surface area contributed by atoms with Gasteiger partial charge in [0.1, 0.15) is 0 Å². The molecule has 0 aliphatic carbocycles. The third-order valence-corrected chi connectivity index (χ3v) is 5.26. The summed E-state index contributed by atoms with van der Waals surface area (Å²) in [6.07, 6.45) is 2.61. The van der Waals surface area contributed by atoms with Crippen molar-refractivity contribution in [3.05, 3.63) is 35.4 Å². The molecule has 4 nitrogen and oxygen atoms in total.